The molecule has 0 saturated heterocycles. The molecular weight excluding hydrogens is 366 g/mol. The minimum Gasteiger partial charge on any atom is -0.300 e. The number of rotatable bonds is 8. The van der Waals surface area contributed by atoms with Crippen molar-refractivity contribution in [2.24, 2.45) is 4.99 Å². The first-order valence-corrected chi connectivity index (χ1v) is 9.55. The van der Waals surface area contributed by atoms with E-state index >= 15 is 0 Å². The van der Waals surface area contributed by atoms with Gasteiger partial charge in [-0.25, -0.2) is 0 Å². The van der Waals surface area contributed by atoms with Crippen molar-refractivity contribution in [2.45, 2.75) is 0 Å². The molecule has 0 amide bonds. The van der Waals surface area contributed by atoms with Gasteiger partial charge in [0.25, 0.3) is 0 Å². The molecule has 0 aliphatic heterocycles. The zero-order valence-corrected chi connectivity index (χ0v) is 16.7. The molecular formula is C27H23N3. The maximum absolute atomic E-state index is 8.48. The van der Waals surface area contributed by atoms with Gasteiger partial charge < -0.3 is 5.41 Å². The Bertz CT molecular complexity index is 1120. The Morgan fingerprint density at radius 2 is 1.70 bits per heavy atom. The standard InChI is InChI=1S/C27H23N3/c1-3-4-5-6-9-21-13-15-22(16-14-21)26(28)19-27(29-2)24-11-7-10-23(18-24)25-12-8-17-30-20-25/h3-20,28H,1-2H2/b5-4-,9-6+,27-19-,28-26?. The number of benzene rings is 2. The highest BCUT2D eigenvalue weighted by atomic mass is 14.7. The van der Waals surface area contributed by atoms with Gasteiger partial charge in [-0.1, -0.05) is 85.5 Å². The summed E-state index contributed by atoms with van der Waals surface area (Å²) >= 11 is 0. The average Bonchev–Trinajstić information content (AvgIpc) is 2.81. The van der Waals surface area contributed by atoms with Crippen LogP contribution in [0.3, 0.4) is 0 Å². The fourth-order valence-electron chi connectivity index (χ4n) is 2.92. The van der Waals surface area contributed by atoms with E-state index in [9.17, 15) is 0 Å². The number of aliphatic imine (C=N–C) groups is 1. The summed E-state index contributed by atoms with van der Waals surface area (Å²) in [6, 6.07) is 19.8. The van der Waals surface area contributed by atoms with E-state index in [4.69, 9.17) is 5.41 Å². The lowest BCUT2D eigenvalue weighted by Crippen LogP contribution is -1.96. The van der Waals surface area contributed by atoms with E-state index in [0.717, 1.165) is 27.8 Å². The zero-order chi connectivity index (χ0) is 21.2. The van der Waals surface area contributed by atoms with Crippen LogP contribution in [0.1, 0.15) is 16.7 Å². The van der Waals surface area contributed by atoms with Gasteiger partial charge in [0.1, 0.15) is 0 Å². The zero-order valence-electron chi connectivity index (χ0n) is 16.7. The fraction of sp³-hybridized carbons (Fsp3) is 0. The van der Waals surface area contributed by atoms with Crippen molar-refractivity contribution in [3.05, 3.63) is 127 Å². The number of pyridine rings is 1. The van der Waals surface area contributed by atoms with Crippen LogP contribution in [0.4, 0.5) is 0 Å². The number of hydrogen-bond acceptors (Lipinski definition) is 3. The largest absolute Gasteiger partial charge is 0.300 e. The molecule has 2 aromatic carbocycles. The van der Waals surface area contributed by atoms with Gasteiger partial charge in [-0.15, -0.1) is 0 Å². The molecule has 1 heterocycles. The lowest BCUT2D eigenvalue weighted by atomic mass is 10.0. The summed E-state index contributed by atoms with van der Waals surface area (Å²) in [4.78, 5) is 8.34. The van der Waals surface area contributed by atoms with Crippen LogP contribution in [-0.2, 0) is 0 Å². The summed E-state index contributed by atoms with van der Waals surface area (Å²) in [5.74, 6) is 0. The molecule has 1 N–H and O–H groups in total. The number of nitrogens with zero attached hydrogens (tertiary/aromatic N) is 2. The lowest BCUT2D eigenvalue weighted by molar-refractivity contribution is 1.33. The Morgan fingerprint density at radius 1 is 0.900 bits per heavy atom. The molecule has 3 aromatic rings. The van der Waals surface area contributed by atoms with Crippen molar-refractivity contribution < 1.29 is 0 Å². The summed E-state index contributed by atoms with van der Waals surface area (Å²) in [6.45, 7) is 7.34. The van der Waals surface area contributed by atoms with E-state index in [1.54, 1.807) is 18.3 Å². The predicted molar refractivity (Wildman–Crippen MR) is 129 cm³/mol. The molecule has 3 rings (SSSR count). The molecule has 0 unspecified atom stereocenters. The predicted octanol–water partition coefficient (Wildman–Crippen LogP) is 6.61. The summed E-state index contributed by atoms with van der Waals surface area (Å²) in [7, 11) is 0. The molecule has 0 aliphatic rings. The lowest BCUT2D eigenvalue weighted by Gasteiger charge is -2.07. The van der Waals surface area contributed by atoms with Gasteiger partial charge in [0.05, 0.1) is 11.4 Å². The number of hydrogen-bond donors (Lipinski definition) is 1. The van der Waals surface area contributed by atoms with Crippen molar-refractivity contribution in [1.82, 2.24) is 4.98 Å². The highest BCUT2D eigenvalue weighted by Crippen LogP contribution is 2.24. The van der Waals surface area contributed by atoms with Gasteiger partial charge in [-0.2, -0.15) is 0 Å². The van der Waals surface area contributed by atoms with Crippen LogP contribution >= 0.6 is 0 Å². The van der Waals surface area contributed by atoms with Gasteiger partial charge in [0, 0.05) is 23.5 Å². The maximum Gasteiger partial charge on any atom is 0.0716 e. The highest BCUT2D eigenvalue weighted by molar-refractivity contribution is 6.10. The molecule has 3 heteroatoms. The van der Waals surface area contributed by atoms with Crippen LogP contribution in [0.15, 0.2) is 115 Å². The minimum atomic E-state index is 0.381. The van der Waals surface area contributed by atoms with Crippen LogP contribution in [0.5, 0.6) is 0 Å². The van der Waals surface area contributed by atoms with Crippen molar-refractivity contribution in [3.63, 3.8) is 0 Å². The highest BCUT2D eigenvalue weighted by Gasteiger charge is 2.06. The molecule has 0 fully saturated rings. The Kier molecular flexibility index (Phi) is 7.17. The first kappa shape index (κ1) is 20.6. The molecule has 0 spiro atoms. The number of nitrogens with one attached hydrogen (secondary N) is 1. The Labute approximate surface area is 177 Å². The van der Waals surface area contributed by atoms with Crippen molar-refractivity contribution in [1.29, 1.82) is 5.41 Å². The van der Waals surface area contributed by atoms with Gasteiger partial charge in [-0.05, 0) is 41.6 Å². The fourth-order valence-corrected chi connectivity index (χ4v) is 2.92. The van der Waals surface area contributed by atoms with Crippen molar-refractivity contribution in [3.8, 4) is 11.1 Å². The first-order chi connectivity index (χ1) is 14.7. The van der Waals surface area contributed by atoms with E-state index in [2.05, 4.69) is 23.3 Å². The molecule has 146 valence electrons. The molecule has 1 aromatic heterocycles. The second-order valence-corrected chi connectivity index (χ2v) is 6.53. The monoisotopic (exact) mass is 389 g/mol. The number of allylic oxidation sites excluding steroid dienone is 5. The van der Waals surface area contributed by atoms with Crippen LogP contribution in [0, 0.1) is 5.41 Å². The first-order valence-electron chi connectivity index (χ1n) is 9.55. The van der Waals surface area contributed by atoms with E-state index in [-0.39, 0.29) is 0 Å². The smallest absolute Gasteiger partial charge is 0.0716 e. The van der Waals surface area contributed by atoms with E-state index in [0.29, 0.717) is 11.4 Å². The molecule has 0 radical (unpaired) electrons. The van der Waals surface area contributed by atoms with E-state index in [1.807, 2.05) is 91.2 Å². The third-order valence-electron chi connectivity index (χ3n) is 4.47. The normalized spacial score (nSPS) is 11.7. The third kappa shape index (κ3) is 5.46. The van der Waals surface area contributed by atoms with Crippen LogP contribution in [0.25, 0.3) is 22.9 Å². The maximum atomic E-state index is 8.48. The molecule has 0 saturated carbocycles. The molecule has 0 aliphatic carbocycles. The third-order valence-corrected chi connectivity index (χ3v) is 4.47. The minimum absolute atomic E-state index is 0.381. The van der Waals surface area contributed by atoms with Crippen LogP contribution in [0.2, 0.25) is 0 Å². The quantitative estimate of drug-likeness (QED) is 0.342. The summed E-state index contributed by atoms with van der Waals surface area (Å²) in [6.07, 6.45) is 14.8. The topological polar surface area (TPSA) is 49.1 Å². The van der Waals surface area contributed by atoms with Crippen molar-refractivity contribution >= 4 is 24.2 Å². The van der Waals surface area contributed by atoms with Gasteiger partial charge in [0.15, 0.2) is 0 Å². The second kappa shape index (κ2) is 10.4. The second-order valence-electron chi connectivity index (χ2n) is 6.53. The Morgan fingerprint density at radius 3 is 2.40 bits per heavy atom. The Hall–Kier alpha value is -4.11. The molecule has 0 bridgehead atoms. The van der Waals surface area contributed by atoms with Gasteiger partial charge in [-0.3, -0.25) is 9.98 Å². The van der Waals surface area contributed by atoms with Gasteiger partial charge >= 0.3 is 0 Å². The SMILES string of the molecule is C=C/C=C\C=C\c1ccc(C(=N)/C=C(\N=C)c2cccc(-c3cccnc3)c2)cc1. The van der Waals surface area contributed by atoms with Crippen LogP contribution < -0.4 is 0 Å². The molecule has 0 atom stereocenters. The summed E-state index contributed by atoms with van der Waals surface area (Å²) in [5.41, 5.74) is 5.90. The van der Waals surface area contributed by atoms with Gasteiger partial charge in [0.2, 0.25) is 0 Å². The van der Waals surface area contributed by atoms with E-state index < -0.39 is 0 Å². The Balaban J connectivity index is 1.81. The van der Waals surface area contributed by atoms with Crippen molar-refractivity contribution in [2.75, 3.05) is 0 Å². The summed E-state index contributed by atoms with van der Waals surface area (Å²) < 4.78 is 0. The summed E-state index contributed by atoms with van der Waals surface area (Å²) in [5, 5.41) is 8.48. The van der Waals surface area contributed by atoms with Crippen LogP contribution in [-0.4, -0.2) is 17.4 Å². The average molecular weight is 390 g/mol. The molecule has 3 nitrogen and oxygen atoms in total. The molecule has 30 heavy (non-hydrogen) atoms. The van der Waals surface area contributed by atoms with E-state index in [1.165, 1.54) is 0 Å². The number of aromatic nitrogens is 1.